The van der Waals surface area contributed by atoms with Gasteiger partial charge in [-0.2, -0.15) is 0 Å². The quantitative estimate of drug-likeness (QED) is 0.619. The van der Waals surface area contributed by atoms with Gasteiger partial charge in [0.2, 0.25) is 0 Å². The van der Waals surface area contributed by atoms with Gasteiger partial charge in [0.15, 0.2) is 0 Å². The van der Waals surface area contributed by atoms with Crippen molar-refractivity contribution in [3.8, 4) is 0 Å². The molecule has 4 nitrogen and oxygen atoms in total. The van der Waals surface area contributed by atoms with Crippen LogP contribution >= 0.6 is 0 Å². The summed E-state index contributed by atoms with van der Waals surface area (Å²) >= 11 is 0. The molecule has 1 rings (SSSR count). The molecule has 0 aliphatic rings. The van der Waals surface area contributed by atoms with Crippen LogP contribution in [0.4, 0.5) is 4.39 Å². The molecule has 1 aromatic rings. The predicted octanol–water partition coefficient (Wildman–Crippen LogP) is 1.15. The van der Waals surface area contributed by atoms with Crippen molar-refractivity contribution < 1.29 is 18.8 Å². The fourth-order valence-electron chi connectivity index (χ4n) is 1.48. The van der Waals surface area contributed by atoms with E-state index in [9.17, 15) is 9.18 Å². The minimum atomic E-state index is -1.11. The molecule has 88 valence electrons. The van der Waals surface area contributed by atoms with Crippen LogP contribution in [-0.2, 0) is 19.8 Å². The maximum Gasteiger partial charge on any atom is 0.318 e. The number of carbonyl (C=O) groups is 1. The third-order valence-corrected chi connectivity index (χ3v) is 2.47. The second-order valence-electron chi connectivity index (χ2n) is 3.65. The molecule has 1 aromatic carbocycles. The van der Waals surface area contributed by atoms with Crippen LogP contribution in [0.5, 0.6) is 0 Å². The van der Waals surface area contributed by atoms with Crippen LogP contribution < -0.4 is 5.90 Å². The van der Waals surface area contributed by atoms with Crippen LogP contribution in [0.2, 0.25) is 0 Å². The fraction of sp³-hybridized carbons (Fsp3) is 0.364. The molecule has 0 spiro atoms. The van der Waals surface area contributed by atoms with Gasteiger partial charge in [-0.15, -0.1) is 0 Å². The Morgan fingerprint density at radius 2 is 2.25 bits per heavy atom. The van der Waals surface area contributed by atoms with Crippen LogP contribution in [0.3, 0.4) is 0 Å². The summed E-state index contributed by atoms with van der Waals surface area (Å²) in [5.74, 6) is 4.03. The number of esters is 1. The average Bonchev–Trinajstić information content (AvgIpc) is 2.28. The summed E-state index contributed by atoms with van der Waals surface area (Å²) in [5, 5.41) is 0. The van der Waals surface area contributed by atoms with Crippen molar-refractivity contribution in [2.45, 2.75) is 12.3 Å². The van der Waals surface area contributed by atoms with Gasteiger partial charge in [-0.1, -0.05) is 12.1 Å². The molecule has 0 saturated carbocycles. The van der Waals surface area contributed by atoms with E-state index in [-0.39, 0.29) is 6.61 Å². The number of rotatable bonds is 4. The molecule has 0 radical (unpaired) electrons. The largest absolute Gasteiger partial charge is 0.468 e. The summed E-state index contributed by atoms with van der Waals surface area (Å²) in [7, 11) is 1.26. The maximum atomic E-state index is 13.1. The van der Waals surface area contributed by atoms with Crippen LogP contribution in [0.1, 0.15) is 12.5 Å². The van der Waals surface area contributed by atoms with Crippen molar-refractivity contribution in [2.75, 3.05) is 13.7 Å². The van der Waals surface area contributed by atoms with Crippen molar-refractivity contribution in [3.63, 3.8) is 0 Å². The van der Waals surface area contributed by atoms with Gasteiger partial charge in [0.25, 0.3) is 0 Å². The van der Waals surface area contributed by atoms with Gasteiger partial charge < -0.3 is 9.57 Å². The Labute approximate surface area is 93.1 Å². The molecule has 0 fully saturated rings. The highest BCUT2D eigenvalue weighted by molar-refractivity contribution is 5.82. The van der Waals surface area contributed by atoms with Gasteiger partial charge in [-0.3, -0.25) is 4.79 Å². The van der Waals surface area contributed by atoms with Crippen LogP contribution in [0, 0.1) is 5.82 Å². The Morgan fingerprint density at radius 1 is 1.56 bits per heavy atom. The molecule has 0 aromatic heterocycles. The van der Waals surface area contributed by atoms with Crippen LogP contribution in [-0.4, -0.2) is 19.7 Å². The lowest BCUT2D eigenvalue weighted by molar-refractivity contribution is -0.149. The first-order valence-corrected chi connectivity index (χ1v) is 4.70. The van der Waals surface area contributed by atoms with Gasteiger partial charge >= 0.3 is 5.97 Å². The normalized spacial score (nSPS) is 14.2. The number of hydrogen-bond donors (Lipinski definition) is 1. The second kappa shape index (κ2) is 5.05. The summed E-state index contributed by atoms with van der Waals surface area (Å²) in [4.78, 5) is 16.2. The lowest BCUT2D eigenvalue weighted by Gasteiger charge is -2.25. The summed E-state index contributed by atoms with van der Waals surface area (Å²) < 4.78 is 17.7. The molecule has 0 aliphatic heterocycles. The SMILES string of the molecule is COC(=O)C(C)(CON)c1cccc(F)c1. The highest BCUT2D eigenvalue weighted by atomic mass is 19.1. The van der Waals surface area contributed by atoms with E-state index in [4.69, 9.17) is 5.90 Å². The molecule has 1 unspecified atom stereocenters. The molecule has 0 heterocycles. The van der Waals surface area contributed by atoms with Crippen LogP contribution in [0.25, 0.3) is 0 Å². The first kappa shape index (κ1) is 12.6. The van der Waals surface area contributed by atoms with E-state index in [1.807, 2.05) is 0 Å². The van der Waals surface area contributed by atoms with E-state index < -0.39 is 17.2 Å². The first-order valence-electron chi connectivity index (χ1n) is 4.70. The first-order chi connectivity index (χ1) is 7.54. The highest BCUT2D eigenvalue weighted by Gasteiger charge is 2.37. The van der Waals surface area contributed by atoms with E-state index in [2.05, 4.69) is 9.57 Å². The average molecular weight is 227 g/mol. The van der Waals surface area contributed by atoms with Gasteiger partial charge in [0.1, 0.15) is 11.2 Å². The zero-order valence-electron chi connectivity index (χ0n) is 9.20. The number of nitrogens with two attached hydrogens (primary N) is 1. The van der Waals surface area contributed by atoms with E-state index in [0.717, 1.165) is 0 Å². The van der Waals surface area contributed by atoms with Gasteiger partial charge in [0.05, 0.1) is 13.7 Å². The molecule has 0 bridgehead atoms. The lowest BCUT2D eigenvalue weighted by Crippen LogP contribution is -2.39. The molecule has 5 heteroatoms. The van der Waals surface area contributed by atoms with E-state index >= 15 is 0 Å². The second-order valence-corrected chi connectivity index (χ2v) is 3.65. The van der Waals surface area contributed by atoms with E-state index in [1.54, 1.807) is 13.0 Å². The Bertz CT molecular complexity index is 383. The Kier molecular flexibility index (Phi) is 3.98. The van der Waals surface area contributed by atoms with Crippen molar-refractivity contribution in [2.24, 2.45) is 5.90 Å². The smallest absolute Gasteiger partial charge is 0.318 e. The minimum absolute atomic E-state index is 0.0802. The number of ether oxygens (including phenoxy) is 1. The third kappa shape index (κ3) is 2.37. The van der Waals surface area contributed by atoms with E-state index in [0.29, 0.717) is 5.56 Å². The predicted molar refractivity (Wildman–Crippen MR) is 55.9 cm³/mol. The number of hydrogen-bond acceptors (Lipinski definition) is 4. The monoisotopic (exact) mass is 227 g/mol. The zero-order valence-corrected chi connectivity index (χ0v) is 9.20. The summed E-state index contributed by atoms with van der Waals surface area (Å²) in [5.41, 5.74) is -0.643. The molecule has 0 amide bonds. The van der Waals surface area contributed by atoms with Crippen molar-refractivity contribution >= 4 is 5.97 Å². The van der Waals surface area contributed by atoms with Crippen molar-refractivity contribution in [1.82, 2.24) is 0 Å². The Hall–Kier alpha value is -1.46. The summed E-state index contributed by atoms with van der Waals surface area (Å²) in [6, 6.07) is 5.70. The topological polar surface area (TPSA) is 61.5 Å². The number of carbonyl (C=O) groups excluding carboxylic acids is 1. The molecular weight excluding hydrogens is 213 g/mol. The number of benzene rings is 1. The number of methoxy groups -OCH3 is 1. The highest BCUT2D eigenvalue weighted by Crippen LogP contribution is 2.26. The van der Waals surface area contributed by atoms with E-state index in [1.165, 1.54) is 25.3 Å². The maximum absolute atomic E-state index is 13.1. The Morgan fingerprint density at radius 3 is 2.75 bits per heavy atom. The standard InChI is InChI=1S/C11H14FNO3/c1-11(7-16-13,10(14)15-2)8-4-3-5-9(12)6-8/h3-6H,7,13H2,1-2H3. The lowest BCUT2D eigenvalue weighted by atomic mass is 9.83. The number of halogens is 1. The van der Waals surface area contributed by atoms with Crippen molar-refractivity contribution in [1.29, 1.82) is 0 Å². The molecular formula is C11H14FNO3. The van der Waals surface area contributed by atoms with Gasteiger partial charge in [0, 0.05) is 0 Å². The zero-order chi connectivity index (χ0) is 12.2. The minimum Gasteiger partial charge on any atom is -0.468 e. The Balaban J connectivity index is 3.15. The van der Waals surface area contributed by atoms with Crippen LogP contribution in [0.15, 0.2) is 24.3 Å². The van der Waals surface area contributed by atoms with Gasteiger partial charge in [-0.05, 0) is 24.6 Å². The molecule has 16 heavy (non-hydrogen) atoms. The summed E-state index contributed by atoms with van der Waals surface area (Å²) in [6.45, 7) is 1.50. The third-order valence-electron chi connectivity index (χ3n) is 2.47. The fourth-order valence-corrected chi connectivity index (χ4v) is 1.48. The van der Waals surface area contributed by atoms with Gasteiger partial charge in [-0.25, -0.2) is 10.3 Å². The summed E-state index contributed by atoms with van der Waals surface area (Å²) in [6.07, 6.45) is 0. The molecule has 0 saturated heterocycles. The van der Waals surface area contributed by atoms with Crippen molar-refractivity contribution in [3.05, 3.63) is 35.6 Å². The molecule has 0 aliphatic carbocycles. The molecule has 2 N–H and O–H groups in total. The molecule has 1 atom stereocenters.